The average molecular weight is 384 g/mol. The Labute approximate surface area is 162 Å². The van der Waals surface area contributed by atoms with Crippen molar-refractivity contribution in [2.75, 3.05) is 25.6 Å². The van der Waals surface area contributed by atoms with E-state index < -0.39 is 25.1 Å². The summed E-state index contributed by atoms with van der Waals surface area (Å²) in [4.78, 5) is 39.6. The predicted molar refractivity (Wildman–Crippen MR) is 103 cm³/mol. The fourth-order valence-electron chi connectivity index (χ4n) is 2.08. The molecule has 0 spiro atoms. The van der Waals surface area contributed by atoms with Crippen LogP contribution in [0.5, 0.6) is 5.75 Å². The molecule has 0 aliphatic heterocycles. The Balaban J connectivity index is 1.70. The van der Waals surface area contributed by atoms with Gasteiger partial charge < -0.3 is 19.6 Å². The maximum Gasteiger partial charge on any atom is 0.347 e. The molecule has 8 heteroatoms. The van der Waals surface area contributed by atoms with E-state index in [0.29, 0.717) is 17.0 Å². The van der Waals surface area contributed by atoms with Gasteiger partial charge in [0.2, 0.25) is 6.61 Å². The van der Waals surface area contributed by atoms with Gasteiger partial charge in [-0.05, 0) is 48.9 Å². The number of rotatable bonds is 9. The first-order valence-electron chi connectivity index (χ1n) is 8.34. The summed E-state index contributed by atoms with van der Waals surface area (Å²) in [5.41, 5.74) is 1.67. The maximum atomic E-state index is 11.8. The van der Waals surface area contributed by atoms with Gasteiger partial charge in [-0.25, -0.2) is 4.79 Å². The number of ether oxygens (including phenoxy) is 2. The number of Topliss-reactive ketones (excluding diaryl/α,β-unsaturated/α-hetero) is 1. The summed E-state index contributed by atoms with van der Waals surface area (Å²) in [6, 6.07) is 13.5. The van der Waals surface area contributed by atoms with Crippen LogP contribution in [0.25, 0.3) is 0 Å². The van der Waals surface area contributed by atoms with E-state index in [9.17, 15) is 14.4 Å². The first-order valence-corrected chi connectivity index (χ1v) is 8.34. The van der Waals surface area contributed by atoms with Crippen LogP contribution in [0.1, 0.15) is 22.8 Å². The molecule has 0 atom stereocenters. The Morgan fingerprint density at radius 2 is 1.82 bits per heavy atom. The van der Waals surface area contributed by atoms with E-state index in [-0.39, 0.29) is 5.78 Å². The molecule has 0 radical (unpaired) electrons. The summed E-state index contributed by atoms with van der Waals surface area (Å²) < 4.78 is 9.84. The van der Waals surface area contributed by atoms with Crippen LogP contribution in [0.15, 0.2) is 53.7 Å². The third-order valence-electron chi connectivity index (χ3n) is 3.49. The quantitative estimate of drug-likeness (QED) is 0.308. The summed E-state index contributed by atoms with van der Waals surface area (Å²) in [5, 5.41) is 6.20. The van der Waals surface area contributed by atoms with Crippen LogP contribution in [0.3, 0.4) is 0 Å². The molecular weight excluding hydrogens is 364 g/mol. The van der Waals surface area contributed by atoms with Crippen molar-refractivity contribution in [3.05, 3.63) is 59.7 Å². The molecule has 2 rings (SSSR count). The molecule has 0 aliphatic carbocycles. The highest BCUT2D eigenvalue weighted by Crippen LogP contribution is 2.11. The number of ketones is 1. The molecule has 0 bridgehead atoms. The molecule has 1 N–H and O–H groups in total. The highest BCUT2D eigenvalue weighted by atomic mass is 16.7. The Morgan fingerprint density at radius 1 is 1.07 bits per heavy atom. The Bertz CT molecular complexity index is 861. The standard InChI is InChI=1S/C20H20N2O6/c1-14(23)16-4-3-5-17(10-16)22-19(24)12-27-20(25)13-28-21-11-15-6-8-18(26-2)9-7-15/h3-11H,12-13H2,1-2H3,(H,22,24)/b21-11-. The molecule has 2 aromatic rings. The lowest BCUT2D eigenvalue weighted by Gasteiger charge is -2.07. The second-order valence-electron chi connectivity index (χ2n) is 5.63. The molecular formula is C20H20N2O6. The molecule has 0 saturated carbocycles. The molecule has 146 valence electrons. The number of benzene rings is 2. The van der Waals surface area contributed by atoms with Crippen molar-refractivity contribution in [2.24, 2.45) is 5.16 Å². The first kappa shape index (κ1) is 20.6. The van der Waals surface area contributed by atoms with Gasteiger partial charge in [0, 0.05) is 11.3 Å². The molecule has 28 heavy (non-hydrogen) atoms. The van der Waals surface area contributed by atoms with Crippen LogP contribution in [0, 0.1) is 0 Å². The number of methoxy groups -OCH3 is 1. The van der Waals surface area contributed by atoms with Crippen molar-refractivity contribution in [1.82, 2.24) is 0 Å². The van der Waals surface area contributed by atoms with Crippen molar-refractivity contribution in [2.45, 2.75) is 6.92 Å². The monoisotopic (exact) mass is 384 g/mol. The van der Waals surface area contributed by atoms with Crippen LogP contribution in [-0.2, 0) is 19.2 Å². The fraction of sp³-hybridized carbons (Fsp3) is 0.200. The molecule has 1 amide bonds. The number of carbonyl (C=O) groups is 3. The largest absolute Gasteiger partial charge is 0.497 e. The van der Waals surface area contributed by atoms with E-state index in [1.807, 2.05) is 0 Å². The van der Waals surface area contributed by atoms with E-state index in [1.54, 1.807) is 55.6 Å². The Kier molecular flexibility index (Phi) is 7.71. The molecule has 8 nitrogen and oxygen atoms in total. The zero-order chi connectivity index (χ0) is 20.4. The number of oxime groups is 1. The summed E-state index contributed by atoms with van der Waals surface area (Å²) in [7, 11) is 1.57. The summed E-state index contributed by atoms with van der Waals surface area (Å²) in [5.74, 6) is -0.668. The van der Waals surface area contributed by atoms with E-state index >= 15 is 0 Å². The lowest BCUT2D eigenvalue weighted by Crippen LogP contribution is -2.22. The number of hydrogen-bond acceptors (Lipinski definition) is 7. The maximum absolute atomic E-state index is 11.8. The minimum atomic E-state index is -0.737. The summed E-state index contributed by atoms with van der Waals surface area (Å²) in [6.07, 6.45) is 1.43. The minimum absolute atomic E-state index is 0.116. The Morgan fingerprint density at radius 3 is 2.50 bits per heavy atom. The molecule has 0 saturated heterocycles. The van der Waals surface area contributed by atoms with Crippen LogP contribution in [0.4, 0.5) is 5.69 Å². The van der Waals surface area contributed by atoms with Gasteiger partial charge >= 0.3 is 5.97 Å². The second kappa shape index (κ2) is 10.5. The minimum Gasteiger partial charge on any atom is -0.497 e. The topological polar surface area (TPSA) is 103 Å². The van der Waals surface area contributed by atoms with E-state index in [2.05, 4.69) is 10.5 Å². The zero-order valence-corrected chi connectivity index (χ0v) is 15.5. The van der Waals surface area contributed by atoms with Gasteiger partial charge in [-0.3, -0.25) is 9.59 Å². The number of esters is 1. The highest BCUT2D eigenvalue weighted by Gasteiger charge is 2.09. The number of amides is 1. The van der Waals surface area contributed by atoms with Crippen molar-refractivity contribution in [3.8, 4) is 5.75 Å². The van der Waals surface area contributed by atoms with Crippen LogP contribution >= 0.6 is 0 Å². The fourth-order valence-corrected chi connectivity index (χ4v) is 2.08. The Hall–Kier alpha value is -3.68. The van der Waals surface area contributed by atoms with Gasteiger partial charge in [-0.15, -0.1) is 0 Å². The zero-order valence-electron chi connectivity index (χ0n) is 15.5. The molecule has 0 heterocycles. The van der Waals surface area contributed by atoms with Gasteiger partial charge in [0.25, 0.3) is 5.91 Å². The van der Waals surface area contributed by atoms with Gasteiger partial charge in [0.05, 0.1) is 13.3 Å². The SMILES string of the molecule is COc1ccc(/C=N\OCC(=O)OCC(=O)Nc2cccc(C(C)=O)c2)cc1. The number of hydrogen-bond donors (Lipinski definition) is 1. The van der Waals surface area contributed by atoms with Gasteiger partial charge in [-0.1, -0.05) is 17.3 Å². The highest BCUT2D eigenvalue weighted by molar-refractivity contribution is 5.97. The molecule has 0 aromatic heterocycles. The van der Waals surface area contributed by atoms with Gasteiger partial charge in [-0.2, -0.15) is 0 Å². The molecule has 0 fully saturated rings. The summed E-state index contributed by atoms with van der Waals surface area (Å²) in [6.45, 7) is 0.522. The molecule has 0 unspecified atom stereocenters. The van der Waals surface area contributed by atoms with Gasteiger partial charge in [0.15, 0.2) is 12.4 Å². The van der Waals surface area contributed by atoms with Crippen molar-refractivity contribution in [1.29, 1.82) is 0 Å². The normalized spacial score (nSPS) is 10.4. The number of nitrogens with zero attached hydrogens (tertiary/aromatic N) is 1. The number of nitrogens with one attached hydrogen (secondary N) is 1. The third kappa shape index (κ3) is 6.91. The van der Waals surface area contributed by atoms with Crippen molar-refractivity contribution >= 4 is 29.6 Å². The van der Waals surface area contributed by atoms with Crippen molar-refractivity contribution < 1.29 is 28.7 Å². The van der Waals surface area contributed by atoms with E-state index in [0.717, 1.165) is 5.56 Å². The molecule has 0 aliphatic rings. The molecule has 2 aromatic carbocycles. The average Bonchev–Trinajstić information content (AvgIpc) is 2.70. The van der Waals surface area contributed by atoms with E-state index in [4.69, 9.17) is 14.3 Å². The number of anilines is 1. The lowest BCUT2D eigenvalue weighted by molar-refractivity contribution is -0.151. The van der Waals surface area contributed by atoms with Crippen LogP contribution in [-0.4, -0.2) is 44.2 Å². The summed E-state index contributed by atoms with van der Waals surface area (Å²) >= 11 is 0. The van der Waals surface area contributed by atoms with Crippen LogP contribution in [0.2, 0.25) is 0 Å². The lowest BCUT2D eigenvalue weighted by atomic mass is 10.1. The second-order valence-corrected chi connectivity index (χ2v) is 5.63. The van der Waals surface area contributed by atoms with Gasteiger partial charge in [0.1, 0.15) is 5.75 Å². The number of carbonyl (C=O) groups excluding carboxylic acids is 3. The van der Waals surface area contributed by atoms with Crippen molar-refractivity contribution in [3.63, 3.8) is 0 Å². The predicted octanol–water partition coefficient (Wildman–Crippen LogP) is 2.43. The smallest absolute Gasteiger partial charge is 0.347 e. The van der Waals surface area contributed by atoms with E-state index in [1.165, 1.54) is 13.1 Å². The first-order chi connectivity index (χ1) is 13.5. The third-order valence-corrected chi connectivity index (χ3v) is 3.49. The van der Waals surface area contributed by atoms with Crippen LogP contribution < -0.4 is 10.1 Å².